The number of fused-ring (bicyclic) bond motifs is 1. The van der Waals surface area contributed by atoms with Crippen LogP contribution in [0.3, 0.4) is 0 Å². The van der Waals surface area contributed by atoms with Crippen molar-refractivity contribution in [3.05, 3.63) is 30.1 Å². The second kappa shape index (κ2) is 10.3. The molecule has 4 fully saturated rings. The number of piperidine rings is 2. The molecule has 3 aliphatic heterocycles. The fourth-order valence-electron chi connectivity index (χ4n) is 7.05. The normalized spacial score (nSPS) is 25.7. The maximum absolute atomic E-state index is 13.3. The number of carbonyl (C=O) groups is 1. The van der Waals surface area contributed by atoms with Crippen LogP contribution in [0.1, 0.15) is 82.7 Å². The summed E-state index contributed by atoms with van der Waals surface area (Å²) in [5.41, 5.74) is 4.59. The van der Waals surface area contributed by atoms with Gasteiger partial charge in [0.15, 0.2) is 0 Å². The number of carbonyl (C=O) groups excluding carboxylic acids is 1. The van der Waals surface area contributed by atoms with Crippen molar-refractivity contribution >= 4 is 11.6 Å². The van der Waals surface area contributed by atoms with Gasteiger partial charge in [0.1, 0.15) is 5.75 Å². The van der Waals surface area contributed by atoms with E-state index in [0.717, 1.165) is 93.1 Å². The molecular formula is C31H43N5O2. The first kappa shape index (κ1) is 24.6. The summed E-state index contributed by atoms with van der Waals surface area (Å²) in [6.45, 7) is 6.85. The number of likely N-dealkylation sites (tertiary alicyclic amines) is 1. The van der Waals surface area contributed by atoms with E-state index in [1.54, 1.807) is 0 Å². The van der Waals surface area contributed by atoms with Gasteiger partial charge < -0.3 is 19.9 Å². The van der Waals surface area contributed by atoms with Gasteiger partial charge in [0.2, 0.25) is 5.91 Å². The van der Waals surface area contributed by atoms with E-state index >= 15 is 0 Å². The van der Waals surface area contributed by atoms with Gasteiger partial charge in [0, 0.05) is 54.0 Å². The highest BCUT2D eigenvalue weighted by atomic mass is 16.5. The van der Waals surface area contributed by atoms with Crippen LogP contribution in [0.2, 0.25) is 0 Å². The Morgan fingerprint density at radius 1 is 0.974 bits per heavy atom. The molecule has 1 atom stereocenters. The van der Waals surface area contributed by atoms with Crippen molar-refractivity contribution in [3.8, 4) is 16.9 Å². The van der Waals surface area contributed by atoms with Crippen LogP contribution in [0.25, 0.3) is 11.1 Å². The molecule has 204 valence electrons. The molecule has 7 rings (SSSR count). The highest BCUT2D eigenvalue weighted by molar-refractivity contribution is 5.99. The summed E-state index contributed by atoms with van der Waals surface area (Å²) in [6, 6.07) is 5.84. The molecule has 2 saturated heterocycles. The third kappa shape index (κ3) is 4.66. The molecule has 2 aromatic rings. The molecule has 0 spiro atoms. The lowest BCUT2D eigenvalue weighted by molar-refractivity contribution is -0.120. The number of ether oxygens (including phenoxy) is 1. The molecule has 7 nitrogen and oxygen atoms in total. The monoisotopic (exact) mass is 517 g/mol. The zero-order valence-corrected chi connectivity index (χ0v) is 22.9. The van der Waals surface area contributed by atoms with Crippen LogP contribution in [-0.4, -0.2) is 65.0 Å². The van der Waals surface area contributed by atoms with Crippen LogP contribution >= 0.6 is 0 Å². The van der Waals surface area contributed by atoms with Gasteiger partial charge in [-0.1, -0.05) is 0 Å². The predicted molar refractivity (Wildman–Crippen MR) is 150 cm³/mol. The summed E-state index contributed by atoms with van der Waals surface area (Å²) < 4.78 is 8.94. The number of nitrogens with one attached hydrogen (secondary N) is 1. The highest BCUT2D eigenvalue weighted by Gasteiger charge is 2.39. The van der Waals surface area contributed by atoms with Gasteiger partial charge in [0.25, 0.3) is 0 Å². The highest BCUT2D eigenvalue weighted by Crippen LogP contribution is 2.46. The quantitative estimate of drug-likeness (QED) is 0.588. The maximum atomic E-state index is 13.3. The van der Waals surface area contributed by atoms with Crippen molar-refractivity contribution in [2.75, 3.05) is 31.1 Å². The lowest BCUT2D eigenvalue weighted by Crippen LogP contribution is -2.46. The third-order valence-corrected chi connectivity index (χ3v) is 9.86. The molecule has 1 N–H and O–H groups in total. The molecule has 38 heavy (non-hydrogen) atoms. The Balaban J connectivity index is 1.14. The van der Waals surface area contributed by atoms with E-state index in [1.807, 2.05) is 6.20 Å². The van der Waals surface area contributed by atoms with Gasteiger partial charge in [0.05, 0.1) is 24.0 Å². The Kier molecular flexibility index (Phi) is 6.68. The average Bonchev–Trinajstić information content (AvgIpc) is 3.67. The van der Waals surface area contributed by atoms with E-state index in [2.05, 4.69) is 45.1 Å². The molecule has 1 aromatic heterocycles. The molecule has 1 amide bonds. The van der Waals surface area contributed by atoms with Gasteiger partial charge in [-0.05, 0) is 103 Å². The minimum Gasteiger partial charge on any atom is -0.489 e. The second-order valence-corrected chi connectivity index (χ2v) is 12.4. The van der Waals surface area contributed by atoms with E-state index < -0.39 is 0 Å². The second-order valence-electron chi connectivity index (χ2n) is 12.4. The van der Waals surface area contributed by atoms with Gasteiger partial charge >= 0.3 is 0 Å². The van der Waals surface area contributed by atoms with Crippen molar-refractivity contribution in [2.24, 2.45) is 5.92 Å². The van der Waals surface area contributed by atoms with Gasteiger partial charge in [-0.3, -0.25) is 9.48 Å². The van der Waals surface area contributed by atoms with Crippen molar-refractivity contribution in [1.29, 1.82) is 0 Å². The van der Waals surface area contributed by atoms with Crippen LogP contribution in [0.15, 0.2) is 24.5 Å². The van der Waals surface area contributed by atoms with Crippen LogP contribution in [0.5, 0.6) is 5.75 Å². The van der Waals surface area contributed by atoms with E-state index in [9.17, 15) is 4.79 Å². The molecule has 1 aromatic carbocycles. The molecule has 2 saturated carbocycles. The minimum atomic E-state index is 0.221. The van der Waals surface area contributed by atoms with Crippen molar-refractivity contribution in [2.45, 2.75) is 102 Å². The van der Waals surface area contributed by atoms with Crippen molar-refractivity contribution in [1.82, 2.24) is 20.0 Å². The third-order valence-electron chi connectivity index (χ3n) is 9.86. The maximum Gasteiger partial charge on any atom is 0.230 e. The van der Waals surface area contributed by atoms with Crippen molar-refractivity contribution in [3.63, 3.8) is 0 Å². The number of anilines is 1. The number of rotatable bonds is 6. The summed E-state index contributed by atoms with van der Waals surface area (Å²) in [5.74, 6) is 1.54. The summed E-state index contributed by atoms with van der Waals surface area (Å²) in [4.78, 5) is 18.1. The fraction of sp³-hybridized carbons (Fsp3) is 0.677. The molecule has 0 bridgehead atoms. The molecule has 0 unspecified atom stereocenters. The van der Waals surface area contributed by atoms with E-state index in [1.165, 1.54) is 37.9 Å². The smallest absolute Gasteiger partial charge is 0.230 e. The number of hydrogen-bond donors (Lipinski definition) is 1. The average molecular weight is 518 g/mol. The molecule has 7 heteroatoms. The van der Waals surface area contributed by atoms with Gasteiger partial charge in [-0.15, -0.1) is 0 Å². The lowest BCUT2D eigenvalue weighted by Gasteiger charge is -2.39. The zero-order valence-electron chi connectivity index (χ0n) is 22.9. The van der Waals surface area contributed by atoms with Crippen LogP contribution in [0, 0.1) is 5.92 Å². The number of amides is 1. The Hall–Kier alpha value is -2.38. The topological polar surface area (TPSA) is 62.6 Å². The first-order valence-electron chi connectivity index (χ1n) is 15.3. The number of benzene rings is 1. The van der Waals surface area contributed by atoms with E-state index in [0.29, 0.717) is 18.1 Å². The molecule has 5 aliphatic rings. The molecule has 2 aliphatic carbocycles. The summed E-state index contributed by atoms with van der Waals surface area (Å²) in [7, 11) is 0. The van der Waals surface area contributed by atoms with Gasteiger partial charge in [-0.2, -0.15) is 5.10 Å². The minimum absolute atomic E-state index is 0.221. The van der Waals surface area contributed by atoms with Crippen LogP contribution in [0.4, 0.5) is 5.69 Å². The van der Waals surface area contributed by atoms with E-state index in [4.69, 9.17) is 9.84 Å². The largest absolute Gasteiger partial charge is 0.489 e. The SMILES string of the molecule is C[C@H]1CCc2c(ccc(-c3cnn(C4CCN(C5CCNCC5)CC4)c3)c2OC2CCC2)N1C(=O)C1CC1. The number of aromatic nitrogens is 2. The van der Waals surface area contributed by atoms with Crippen molar-refractivity contribution < 1.29 is 9.53 Å². The predicted octanol–water partition coefficient (Wildman–Crippen LogP) is 4.95. The summed E-state index contributed by atoms with van der Waals surface area (Å²) in [6.07, 6.45) is 17.0. The Morgan fingerprint density at radius 3 is 2.47 bits per heavy atom. The molecular weight excluding hydrogens is 474 g/mol. The fourth-order valence-corrected chi connectivity index (χ4v) is 7.05. The summed E-state index contributed by atoms with van der Waals surface area (Å²) in [5, 5.41) is 8.37. The zero-order chi connectivity index (χ0) is 25.6. The first-order valence-corrected chi connectivity index (χ1v) is 15.3. The Bertz CT molecular complexity index is 1160. The standard InChI is InChI=1S/C31H43N5O2/c1-21-5-8-28-29(36(21)31(37)22-6-7-22)10-9-27(30(28)38-26-3-2-4-26)23-19-33-35(20-23)25-13-17-34(18-14-25)24-11-15-32-16-12-24/h9-10,19-22,24-26,32H,2-8,11-18H2,1H3/t21-/m0/s1. The van der Waals surface area contributed by atoms with Crippen LogP contribution in [-0.2, 0) is 11.2 Å². The van der Waals surface area contributed by atoms with E-state index in [-0.39, 0.29) is 12.0 Å². The molecule has 0 radical (unpaired) electrons. The van der Waals surface area contributed by atoms with Crippen LogP contribution < -0.4 is 15.0 Å². The summed E-state index contributed by atoms with van der Waals surface area (Å²) >= 11 is 0. The first-order chi connectivity index (χ1) is 18.7. The van der Waals surface area contributed by atoms with Gasteiger partial charge in [-0.25, -0.2) is 0 Å². The number of nitrogens with zero attached hydrogens (tertiary/aromatic N) is 4. The Labute approximate surface area is 226 Å². The Morgan fingerprint density at radius 2 is 1.76 bits per heavy atom. The number of hydrogen-bond acceptors (Lipinski definition) is 5. The lowest BCUT2D eigenvalue weighted by atomic mass is 9.91. The molecule has 4 heterocycles.